The predicted octanol–water partition coefficient (Wildman–Crippen LogP) is 3.67. The van der Waals surface area contributed by atoms with Crippen LogP contribution in [0.15, 0.2) is 17.9 Å². The van der Waals surface area contributed by atoms with Crippen LogP contribution in [0.25, 0.3) is 11.0 Å². The second-order valence-corrected chi connectivity index (χ2v) is 7.09. The van der Waals surface area contributed by atoms with Crippen molar-refractivity contribution < 1.29 is 0 Å². The van der Waals surface area contributed by atoms with Gasteiger partial charge in [0.1, 0.15) is 17.8 Å². The lowest BCUT2D eigenvalue weighted by Gasteiger charge is -2.33. The normalized spacial score (nSPS) is 18.7. The maximum Gasteiger partial charge on any atom is 0.143 e. The number of nitrogens with zero attached hydrogens (tertiary/aromatic N) is 4. The minimum atomic E-state index is 0.511. The van der Waals surface area contributed by atoms with Gasteiger partial charge in [-0.1, -0.05) is 6.92 Å². The third kappa shape index (κ3) is 2.61. The molecule has 23 heavy (non-hydrogen) atoms. The number of anilines is 1. The van der Waals surface area contributed by atoms with Crippen LogP contribution in [0.5, 0.6) is 0 Å². The number of rotatable bonds is 3. The maximum absolute atomic E-state index is 4.70. The van der Waals surface area contributed by atoms with Gasteiger partial charge in [-0.2, -0.15) is 0 Å². The van der Waals surface area contributed by atoms with E-state index in [2.05, 4.69) is 45.3 Å². The van der Waals surface area contributed by atoms with Gasteiger partial charge in [0.15, 0.2) is 0 Å². The minimum absolute atomic E-state index is 0.511. The number of nitrogens with one attached hydrogen (secondary N) is 1. The number of H-pyrrole nitrogens is 1. The van der Waals surface area contributed by atoms with E-state index in [1.165, 1.54) is 28.8 Å². The number of hydrogen-bond donors (Lipinski definition) is 1. The zero-order valence-corrected chi connectivity index (χ0v) is 14.4. The highest BCUT2D eigenvalue weighted by Crippen LogP contribution is 2.34. The third-order valence-corrected chi connectivity index (χ3v) is 5.74. The lowest BCUT2D eigenvalue weighted by Crippen LogP contribution is -2.35. The van der Waals surface area contributed by atoms with Gasteiger partial charge in [0.25, 0.3) is 0 Å². The first-order chi connectivity index (χ1) is 11.3. The molecule has 1 N–H and O–H groups in total. The highest BCUT2D eigenvalue weighted by molar-refractivity contribution is 7.09. The van der Waals surface area contributed by atoms with Crippen molar-refractivity contribution in [3.05, 3.63) is 34.2 Å². The summed E-state index contributed by atoms with van der Waals surface area (Å²) < 4.78 is 0. The van der Waals surface area contributed by atoms with E-state index >= 15 is 0 Å². The Morgan fingerprint density at radius 2 is 2.30 bits per heavy atom. The van der Waals surface area contributed by atoms with E-state index in [-0.39, 0.29) is 0 Å². The summed E-state index contributed by atoms with van der Waals surface area (Å²) in [6.07, 6.45) is 7.12. The Labute approximate surface area is 139 Å². The van der Waals surface area contributed by atoms with Crippen molar-refractivity contribution in [2.24, 2.45) is 0 Å². The molecule has 1 atom stereocenters. The summed E-state index contributed by atoms with van der Waals surface area (Å²) in [7, 11) is 0. The molecular weight excluding hydrogens is 306 g/mol. The zero-order chi connectivity index (χ0) is 15.8. The fraction of sp³-hybridized carbons (Fsp3) is 0.471. The zero-order valence-electron chi connectivity index (χ0n) is 13.5. The van der Waals surface area contributed by atoms with E-state index in [0.717, 1.165) is 36.7 Å². The molecule has 5 nitrogen and oxygen atoms in total. The largest absolute Gasteiger partial charge is 0.355 e. The summed E-state index contributed by atoms with van der Waals surface area (Å²) in [6.45, 7) is 6.30. The van der Waals surface area contributed by atoms with Crippen LogP contribution in [-0.2, 0) is 6.42 Å². The molecule has 4 rings (SSSR count). The maximum atomic E-state index is 4.70. The Morgan fingerprint density at radius 3 is 3.09 bits per heavy atom. The molecule has 120 valence electrons. The second kappa shape index (κ2) is 5.92. The molecule has 0 aliphatic carbocycles. The third-order valence-electron chi connectivity index (χ3n) is 4.62. The fourth-order valence-electron chi connectivity index (χ4n) is 3.46. The molecule has 1 fully saturated rings. The summed E-state index contributed by atoms with van der Waals surface area (Å²) in [6, 6.07) is 0. The van der Waals surface area contributed by atoms with E-state index < -0.39 is 0 Å². The molecule has 1 aliphatic heterocycles. The molecule has 1 aliphatic rings. The first-order valence-corrected chi connectivity index (χ1v) is 9.12. The molecular formula is C17H21N5S. The molecule has 6 heteroatoms. The van der Waals surface area contributed by atoms with Gasteiger partial charge in [0.05, 0.1) is 10.4 Å². The van der Waals surface area contributed by atoms with Crippen molar-refractivity contribution in [1.29, 1.82) is 0 Å². The highest BCUT2D eigenvalue weighted by Gasteiger charge is 2.26. The lowest BCUT2D eigenvalue weighted by molar-refractivity contribution is 0.506. The van der Waals surface area contributed by atoms with Gasteiger partial charge in [-0.25, -0.2) is 15.0 Å². The summed E-state index contributed by atoms with van der Waals surface area (Å²) >= 11 is 1.79. The average molecular weight is 327 g/mol. The number of aryl methyl sites for hydroxylation is 2. The minimum Gasteiger partial charge on any atom is -0.355 e. The number of aromatic amines is 1. The van der Waals surface area contributed by atoms with E-state index in [4.69, 9.17) is 4.98 Å². The van der Waals surface area contributed by atoms with Crippen molar-refractivity contribution >= 4 is 28.2 Å². The summed E-state index contributed by atoms with van der Waals surface area (Å²) in [4.78, 5) is 19.4. The first-order valence-electron chi connectivity index (χ1n) is 8.24. The van der Waals surface area contributed by atoms with Gasteiger partial charge >= 0.3 is 0 Å². The summed E-state index contributed by atoms with van der Waals surface area (Å²) in [5.41, 5.74) is 3.37. The topological polar surface area (TPSA) is 57.7 Å². The Morgan fingerprint density at radius 1 is 1.39 bits per heavy atom. The molecule has 0 bridgehead atoms. The molecule has 3 aromatic heterocycles. The van der Waals surface area contributed by atoms with E-state index in [9.17, 15) is 0 Å². The van der Waals surface area contributed by atoms with Crippen LogP contribution in [-0.4, -0.2) is 33.0 Å². The summed E-state index contributed by atoms with van der Waals surface area (Å²) in [5, 5.41) is 4.60. The molecule has 0 aromatic carbocycles. The Bertz CT molecular complexity index is 821. The number of piperidine rings is 1. The SMILES string of the molecule is CCc1c[nH]c2ncnc(N3CCCC(c4nc(C)cs4)C3)c12. The van der Waals surface area contributed by atoms with E-state index in [1.807, 2.05) is 0 Å². The smallest absolute Gasteiger partial charge is 0.143 e. The molecule has 4 heterocycles. The van der Waals surface area contributed by atoms with E-state index in [1.54, 1.807) is 17.7 Å². The van der Waals surface area contributed by atoms with Gasteiger partial charge < -0.3 is 9.88 Å². The summed E-state index contributed by atoms with van der Waals surface area (Å²) in [5.74, 6) is 1.59. The molecule has 1 unspecified atom stereocenters. The fourth-order valence-corrected chi connectivity index (χ4v) is 4.38. The standard InChI is InChI=1S/C17H21N5S/c1-3-12-7-18-15-14(12)16(20-10-19-15)22-6-4-5-13(8-22)17-21-11(2)9-23-17/h7,9-10,13H,3-6,8H2,1-2H3,(H,18,19,20). The molecule has 0 saturated carbocycles. The molecule has 0 spiro atoms. The Hall–Kier alpha value is -1.95. The van der Waals surface area contributed by atoms with Crippen LogP contribution in [0.3, 0.4) is 0 Å². The number of hydrogen-bond acceptors (Lipinski definition) is 5. The van der Waals surface area contributed by atoms with Crippen LogP contribution >= 0.6 is 11.3 Å². The molecule has 1 saturated heterocycles. The van der Waals surface area contributed by atoms with Crippen molar-refractivity contribution in [2.45, 2.75) is 39.0 Å². The van der Waals surface area contributed by atoms with Gasteiger partial charge in [-0.05, 0) is 31.7 Å². The highest BCUT2D eigenvalue weighted by atomic mass is 32.1. The lowest BCUT2D eigenvalue weighted by atomic mass is 9.98. The van der Waals surface area contributed by atoms with Crippen LogP contribution in [0, 0.1) is 6.92 Å². The van der Waals surface area contributed by atoms with Gasteiger partial charge in [-0.3, -0.25) is 0 Å². The van der Waals surface area contributed by atoms with Crippen LogP contribution in [0.2, 0.25) is 0 Å². The Kier molecular flexibility index (Phi) is 3.77. The first kappa shape index (κ1) is 14.6. The van der Waals surface area contributed by atoms with Crippen LogP contribution in [0.4, 0.5) is 5.82 Å². The molecule has 3 aromatic rings. The average Bonchev–Trinajstić information content (AvgIpc) is 3.20. The molecule has 0 radical (unpaired) electrons. The second-order valence-electron chi connectivity index (χ2n) is 6.20. The van der Waals surface area contributed by atoms with Crippen LogP contribution in [0.1, 0.15) is 41.9 Å². The van der Waals surface area contributed by atoms with Gasteiger partial charge in [0.2, 0.25) is 0 Å². The van der Waals surface area contributed by atoms with Crippen molar-refractivity contribution in [2.75, 3.05) is 18.0 Å². The quantitative estimate of drug-likeness (QED) is 0.797. The van der Waals surface area contributed by atoms with Gasteiger partial charge in [-0.15, -0.1) is 11.3 Å². The monoisotopic (exact) mass is 327 g/mol. The molecule has 0 amide bonds. The number of fused-ring (bicyclic) bond motifs is 1. The number of aromatic nitrogens is 4. The van der Waals surface area contributed by atoms with Crippen LogP contribution < -0.4 is 4.90 Å². The Balaban J connectivity index is 1.69. The van der Waals surface area contributed by atoms with E-state index in [0.29, 0.717) is 5.92 Å². The predicted molar refractivity (Wildman–Crippen MR) is 94.3 cm³/mol. The van der Waals surface area contributed by atoms with Crippen molar-refractivity contribution in [1.82, 2.24) is 19.9 Å². The number of thiazole rings is 1. The van der Waals surface area contributed by atoms with Crippen molar-refractivity contribution in [3.63, 3.8) is 0 Å². The van der Waals surface area contributed by atoms with Crippen molar-refractivity contribution in [3.8, 4) is 0 Å². The van der Waals surface area contributed by atoms with Gasteiger partial charge in [0, 0.05) is 36.3 Å².